The van der Waals surface area contributed by atoms with Gasteiger partial charge in [0.25, 0.3) is 0 Å². The summed E-state index contributed by atoms with van der Waals surface area (Å²) < 4.78 is 12.8. The Morgan fingerprint density at radius 1 is 1.54 bits per heavy atom. The minimum atomic E-state index is -0.299. The molecule has 68 valence electrons. The molecule has 0 aromatic heterocycles. The van der Waals surface area contributed by atoms with Crippen LogP contribution in [-0.2, 0) is 6.54 Å². The topological polar surface area (TPSA) is 35.8 Å². The predicted molar refractivity (Wildman–Crippen MR) is 48.5 cm³/mol. The molecule has 2 nitrogen and oxygen atoms in total. The molecule has 0 heterocycles. The fourth-order valence-corrected chi connectivity index (χ4v) is 1.08. The van der Waals surface area contributed by atoms with Crippen LogP contribution in [0.25, 0.3) is 0 Å². The highest BCUT2D eigenvalue weighted by molar-refractivity contribution is 5.37. The summed E-state index contributed by atoms with van der Waals surface area (Å²) in [7, 11) is 0. The summed E-state index contributed by atoms with van der Waals surface area (Å²) in [6.07, 6.45) is 0. The van der Waals surface area contributed by atoms with E-state index in [0.717, 1.165) is 6.54 Å². The summed E-state index contributed by atoms with van der Waals surface area (Å²) in [4.78, 5) is 0. The van der Waals surface area contributed by atoms with Crippen molar-refractivity contribution in [3.05, 3.63) is 35.1 Å². The summed E-state index contributed by atoms with van der Waals surface area (Å²) in [5.41, 5.74) is 1.24. The lowest BCUT2D eigenvalue weighted by molar-refractivity contribution is 0.621. The molecule has 0 unspecified atom stereocenters. The van der Waals surface area contributed by atoms with Crippen molar-refractivity contribution >= 4 is 0 Å². The molecular weight excluding hydrogens is 167 g/mol. The molecule has 0 saturated heterocycles. The van der Waals surface area contributed by atoms with E-state index in [-0.39, 0.29) is 5.82 Å². The van der Waals surface area contributed by atoms with Gasteiger partial charge in [-0.3, -0.25) is 0 Å². The maximum absolute atomic E-state index is 12.8. The van der Waals surface area contributed by atoms with Gasteiger partial charge in [0.2, 0.25) is 0 Å². The molecule has 1 aromatic carbocycles. The lowest BCUT2D eigenvalue weighted by atomic mass is 10.1. The molecule has 0 atom stereocenters. The monoisotopic (exact) mass is 178 g/mol. The van der Waals surface area contributed by atoms with E-state index < -0.39 is 0 Å². The first-order valence-electron chi connectivity index (χ1n) is 4.17. The van der Waals surface area contributed by atoms with Crippen LogP contribution in [0.1, 0.15) is 18.1 Å². The van der Waals surface area contributed by atoms with Gasteiger partial charge in [0.15, 0.2) is 0 Å². The van der Waals surface area contributed by atoms with E-state index in [0.29, 0.717) is 17.7 Å². The Kier molecular flexibility index (Phi) is 3.41. The highest BCUT2D eigenvalue weighted by atomic mass is 19.1. The summed E-state index contributed by atoms with van der Waals surface area (Å²) in [6, 6.07) is 6.22. The molecule has 1 aromatic rings. The molecule has 0 radical (unpaired) electrons. The average molecular weight is 178 g/mol. The Labute approximate surface area is 77.0 Å². The fraction of sp³-hybridized carbons (Fsp3) is 0.300. The van der Waals surface area contributed by atoms with E-state index in [1.807, 2.05) is 13.0 Å². The SMILES string of the molecule is CCNCc1cc(F)ccc1C#N. The quantitative estimate of drug-likeness (QED) is 0.766. The van der Waals surface area contributed by atoms with Crippen LogP contribution in [0.2, 0.25) is 0 Å². The van der Waals surface area contributed by atoms with Crippen molar-refractivity contribution in [2.75, 3.05) is 6.54 Å². The van der Waals surface area contributed by atoms with Crippen LogP contribution < -0.4 is 5.32 Å². The first kappa shape index (κ1) is 9.69. The maximum atomic E-state index is 12.8. The third kappa shape index (κ3) is 2.53. The van der Waals surface area contributed by atoms with Gasteiger partial charge >= 0.3 is 0 Å². The summed E-state index contributed by atoms with van der Waals surface area (Å²) >= 11 is 0. The fourth-order valence-electron chi connectivity index (χ4n) is 1.08. The van der Waals surface area contributed by atoms with Crippen LogP contribution in [0.3, 0.4) is 0 Å². The Hall–Kier alpha value is -1.40. The van der Waals surface area contributed by atoms with Crippen molar-refractivity contribution in [2.24, 2.45) is 0 Å². The zero-order chi connectivity index (χ0) is 9.68. The average Bonchev–Trinajstić information content (AvgIpc) is 2.15. The molecule has 13 heavy (non-hydrogen) atoms. The van der Waals surface area contributed by atoms with E-state index in [1.54, 1.807) is 0 Å². The number of nitrogens with zero attached hydrogens (tertiary/aromatic N) is 1. The van der Waals surface area contributed by atoms with Gasteiger partial charge in [-0.05, 0) is 30.3 Å². The van der Waals surface area contributed by atoms with Gasteiger partial charge in [-0.2, -0.15) is 5.26 Å². The first-order chi connectivity index (χ1) is 6.27. The molecule has 3 heteroatoms. The van der Waals surface area contributed by atoms with Crippen molar-refractivity contribution in [1.82, 2.24) is 5.32 Å². The molecule has 1 rings (SSSR count). The van der Waals surface area contributed by atoms with Crippen molar-refractivity contribution in [1.29, 1.82) is 5.26 Å². The van der Waals surface area contributed by atoms with Crippen LogP contribution in [0, 0.1) is 17.1 Å². The van der Waals surface area contributed by atoms with Crippen LogP contribution >= 0.6 is 0 Å². The van der Waals surface area contributed by atoms with Crippen molar-refractivity contribution < 1.29 is 4.39 Å². The van der Waals surface area contributed by atoms with Gasteiger partial charge in [-0.1, -0.05) is 6.92 Å². The highest BCUT2D eigenvalue weighted by Gasteiger charge is 2.02. The Balaban J connectivity index is 2.89. The number of rotatable bonds is 3. The maximum Gasteiger partial charge on any atom is 0.123 e. The van der Waals surface area contributed by atoms with E-state index in [1.165, 1.54) is 18.2 Å². The third-order valence-corrected chi connectivity index (χ3v) is 1.75. The van der Waals surface area contributed by atoms with Crippen LogP contribution in [0.5, 0.6) is 0 Å². The van der Waals surface area contributed by atoms with E-state index >= 15 is 0 Å². The summed E-state index contributed by atoms with van der Waals surface area (Å²) in [5, 5.41) is 11.8. The first-order valence-corrected chi connectivity index (χ1v) is 4.17. The molecular formula is C10H11FN2. The van der Waals surface area contributed by atoms with Gasteiger partial charge in [0.1, 0.15) is 5.82 Å². The second-order valence-corrected chi connectivity index (χ2v) is 2.69. The van der Waals surface area contributed by atoms with Gasteiger partial charge in [-0.25, -0.2) is 4.39 Å². The summed E-state index contributed by atoms with van der Waals surface area (Å²) in [5.74, 6) is -0.299. The Bertz CT molecular complexity index is 328. The predicted octanol–water partition coefficient (Wildman–Crippen LogP) is 1.81. The Morgan fingerprint density at radius 3 is 2.92 bits per heavy atom. The number of nitriles is 1. The minimum absolute atomic E-state index is 0.299. The molecule has 0 aliphatic rings. The second kappa shape index (κ2) is 4.58. The standard InChI is InChI=1S/C10H11FN2/c1-2-13-7-9-5-10(11)4-3-8(9)6-12/h3-5,13H,2,7H2,1H3. The summed E-state index contributed by atoms with van der Waals surface area (Å²) in [6.45, 7) is 3.31. The lowest BCUT2D eigenvalue weighted by Gasteiger charge is -2.03. The molecule has 0 aliphatic heterocycles. The molecule has 0 saturated carbocycles. The molecule has 0 bridgehead atoms. The van der Waals surface area contributed by atoms with Crippen molar-refractivity contribution in [3.63, 3.8) is 0 Å². The number of halogens is 1. The number of nitrogens with one attached hydrogen (secondary N) is 1. The van der Waals surface area contributed by atoms with E-state index in [2.05, 4.69) is 5.32 Å². The van der Waals surface area contributed by atoms with Crippen LogP contribution in [-0.4, -0.2) is 6.54 Å². The second-order valence-electron chi connectivity index (χ2n) is 2.69. The molecule has 0 aliphatic carbocycles. The van der Waals surface area contributed by atoms with Gasteiger partial charge in [0, 0.05) is 6.54 Å². The van der Waals surface area contributed by atoms with Gasteiger partial charge < -0.3 is 5.32 Å². The highest BCUT2D eigenvalue weighted by Crippen LogP contribution is 2.09. The van der Waals surface area contributed by atoms with Crippen LogP contribution in [0.4, 0.5) is 4.39 Å². The zero-order valence-corrected chi connectivity index (χ0v) is 7.47. The smallest absolute Gasteiger partial charge is 0.123 e. The normalized spacial score (nSPS) is 9.62. The van der Waals surface area contributed by atoms with Gasteiger partial charge in [0.05, 0.1) is 11.6 Å². The third-order valence-electron chi connectivity index (χ3n) is 1.75. The molecule has 0 fully saturated rings. The van der Waals surface area contributed by atoms with E-state index in [4.69, 9.17) is 5.26 Å². The van der Waals surface area contributed by atoms with Crippen LogP contribution in [0.15, 0.2) is 18.2 Å². The molecule has 0 spiro atoms. The number of hydrogen-bond acceptors (Lipinski definition) is 2. The van der Waals surface area contributed by atoms with E-state index in [9.17, 15) is 4.39 Å². The zero-order valence-electron chi connectivity index (χ0n) is 7.47. The van der Waals surface area contributed by atoms with Gasteiger partial charge in [-0.15, -0.1) is 0 Å². The minimum Gasteiger partial charge on any atom is -0.313 e. The van der Waals surface area contributed by atoms with Crippen molar-refractivity contribution in [3.8, 4) is 6.07 Å². The van der Waals surface area contributed by atoms with Crippen molar-refractivity contribution in [2.45, 2.75) is 13.5 Å². The lowest BCUT2D eigenvalue weighted by Crippen LogP contribution is -2.12. The number of benzene rings is 1. The molecule has 0 amide bonds. The Morgan fingerprint density at radius 2 is 2.31 bits per heavy atom. The molecule has 1 N–H and O–H groups in total. The largest absolute Gasteiger partial charge is 0.313 e. The number of hydrogen-bond donors (Lipinski definition) is 1.